The van der Waals surface area contributed by atoms with Gasteiger partial charge in [-0.3, -0.25) is 9.69 Å². The summed E-state index contributed by atoms with van der Waals surface area (Å²) in [6.45, 7) is 4.52. The second kappa shape index (κ2) is 8.93. The summed E-state index contributed by atoms with van der Waals surface area (Å²) >= 11 is 3.03. The Bertz CT molecular complexity index is 1110. The number of ether oxygens (including phenoxy) is 1. The maximum Gasteiger partial charge on any atom is 0.239 e. The monoisotopic (exact) mass is 438 g/mol. The summed E-state index contributed by atoms with van der Waals surface area (Å²) < 4.78 is 11.8. The largest absolute Gasteiger partial charge is 0.497 e. The number of aryl methyl sites for hydroxylation is 2. The maximum absolute atomic E-state index is 13.2. The Morgan fingerprint density at radius 2 is 1.93 bits per heavy atom. The Labute approximate surface area is 183 Å². The summed E-state index contributed by atoms with van der Waals surface area (Å²) in [6, 6.07) is 15.6. The lowest BCUT2D eigenvalue weighted by molar-refractivity contribution is -0.116. The zero-order valence-corrected chi connectivity index (χ0v) is 18.7. The molecule has 1 amide bonds. The van der Waals surface area contributed by atoms with Gasteiger partial charge in [0.1, 0.15) is 11.5 Å². The minimum absolute atomic E-state index is 0.0141. The molecule has 0 aliphatic heterocycles. The number of thiazole rings is 1. The molecule has 30 heavy (non-hydrogen) atoms. The summed E-state index contributed by atoms with van der Waals surface area (Å²) in [6.07, 6.45) is 1.62. The van der Waals surface area contributed by atoms with Crippen LogP contribution in [-0.2, 0) is 11.3 Å². The van der Waals surface area contributed by atoms with Crippen molar-refractivity contribution in [1.82, 2.24) is 4.98 Å². The van der Waals surface area contributed by atoms with Crippen molar-refractivity contribution in [2.24, 2.45) is 0 Å². The molecule has 0 radical (unpaired) electrons. The van der Waals surface area contributed by atoms with Crippen LogP contribution in [0.15, 0.2) is 64.1 Å². The Kier molecular flexibility index (Phi) is 6.11. The fraction of sp³-hybridized carbons (Fsp3) is 0.217. The lowest BCUT2D eigenvalue weighted by Gasteiger charge is -2.18. The number of thioether (sulfide) groups is 1. The molecular weight excluding hydrogens is 416 g/mol. The van der Waals surface area contributed by atoms with Crippen molar-refractivity contribution in [3.8, 4) is 5.75 Å². The van der Waals surface area contributed by atoms with Gasteiger partial charge in [-0.25, -0.2) is 4.98 Å². The molecule has 7 heteroatoms. The first kappa shape index (κ1) is 20.5. The van der Waals surface area contributed by atoms with Crippen molar-refractivity contribution in [3.63, 3.8) is 0 Å². The molecule has 0 saturated carbocycles. The Balaban J connectivity index is 1.58. The van der Waals surface area contributed by atoms with E-state index in [-0.39, 0.29) is 5.91 Å². The zero-order chi connectivity index (χ0) is 21.1. The van der Waals surface area contributed by atoms with Crippen LogP contribution >= 0.6 is 23.1 Å². The van der Waals surface area contributed by atoms with Crippen molar-refractivity contribution in [2.45, 2.75) is 25.3 Å². The molecule has 4 aromatic rings. The Hall–Kier alpha value is -2.77. The summed E-state index contributed by atoms with van der Waals surface area (Å²) in [5.41, 5.74) is 3.33. The highest BCUT2D eigenvalue weighted by atomic mass is 32.2. The number of amides is 1. The quantitative estimate of drug-likeness (QED) is 0.339. The smallest absolute Gasteiger partial charge is 0.239 e. The molecule has 0 saturated heterocycles. The molecule has 5 nitrogen and oxygen atoms in total. The molecule has 0 unspecified atom stereocenters. The number of fused-ring (bicyclic) bond motifs is 1. The Morgan fingerprint density at radius 1 is 1.17 bits per heavy atom. The van der Waals surface area contributed by atoms with Gasteiger partial charge in [0.25, 0.3) is 0 Å². The van der Waals surface area contributed by atoms with Gasteiger partial charge < -0.3 is 9.15 Å². The van der Waals surface area contributed by atoms with E-state index in [0.29, 0.717) is 17.4 Å². The number of methoxy groups -OCH3 is 1. The average molecular weight is 439 g/mol. The number of hydrogen-bond acceptors (Lipinski definition) is 6. The highest BCUT2D eigenvalue weighted by Crippen LogP contribution is 2.32. The van der Waals surface area contributed by atoms with Crippen LogP contribution in [-0.4, -0.2) is 23.8 Å². The molecule has 4 rings (SSSR count). The summed E-state index contributed by atoms with van der Waals surface area (Å²) in [7, 11) is 1.64. The standard InChI is InChI=1S/C23H22N2O3S2/c1-15-11-20-21(12-16(15)2)30-23(24-20)25(13-18-5-4-10-28-18)22(26)14-29-19-8-6-17(27-3)7-9-19/h4-12H,13-14H2,1-3H3. The SMILES string of the molecule is COc1ccc(SCC(=O)N(Cc2ccco2)c2nc3cc(C)c(C)cc3s2)cc1. The summed E-state index contributed by atoms with van der Waals surface area (Å²) in [5, 5.41) is 0.687. The molecule has 0 aliphatic carbocycles. The van der Waals surface area contributed by atoms with Crippen molar-refractivity contribution in [3.05, 3.63) is 71.7 Å². The molecule has 154 valence electrons. The van der Waals surface area contributed by atoms with E-state index >= 15 is 0 Å². The number of carbonyl (C=O) groups excluding carboxylic acids is 1. The van der Waals surface area contributed by atoms with Crippen LogP contribution in [0.1, 0.15) is 16.9 Å². The number of aromatic nitrogens is 1. The third kappa shape index (κ3) is 4.52. The molecule has 0 bridgehead atoms. The molecule has 0 aliphatic rings. The van der Waals surface area contributed by atoms with Gasteiger partial charge in [0.05, 0.1) is 35.9 Å². The predicted octanol–water partition coefficient (Wildman–Crippen LogP) is 5.84. The van der Waals surface area contributed by atoms with Crippen LogP contribution in [0.25, 0.3) is 10.2 Å². The molecule has 0 fully saturated rings. The van der Waals surface area contributed by atoms with Gasteiger partial charge in [0.15, 0.2) is 5.13 Å². The van der Waals surface area contributed by atoms with Crippen molar-refractivity contribution in [2.75, 3.05) is 17.8 Å². The number of carbonyl (C=O) groups is 1. The van der Waals surface area contributed by atoms with Gasteiger partial charge in [-0.05, 0) is 73.5 Å². The van der Waals surface area contributed by atoms with Gasteiger partial charge in [0.2, 0.25) is 5.91 Å². The van der Waals surface area contributed by atoms with Crippen LogP contribution in [0.5, 0.6) is 5.75 Å². The lowest BCUT2D eigenvalue weighted by atomic mass is 10.1. The van der Waals surface area contributed by atoms with E-state index in [0.717, 1.165) is 26.6 Å². The third-order valence-electron chi connectivity index (χ3n) is 4.84. The second-order valence-electron chi connectivity index (χ2n) is 6.92. The predicted molar refractivity (Wildman–Crippen MR) is 123 cm³/mol. The average Bonchev–Trinajstić information content (AvgIpc) is 3.40. The van der Waals surface area contributed by atoms with Crippen molar-refractivity contribution in [1.29, 1.82) is 0 Å². The van der Waals surface area contributed by atoms with Gasteiger partial charge >= 0.3 is 0 Å². The van der Waals surface area contributed by atoms with Gasteiger partial charge in [-0.15, -0.1) is 11.8 Å². The summed E-state index contributed by atoms with van der Waals surface area (Å²) in [5.74, 6) is 1.82. The molecule has 2 heterocycles. The first-order valence-corrected chi connectivity index (χ1v) is 11.3. The highest BCUT2D eigenvalue weighted by Gasteiger charge is 2.21. The van der Waals surface area contributed by atoms with Crippen LogP contribution < -0.4 is 9.64 Å². The molecular formula is C23H22N2O3S2. The lowest BCUT2D eigenvalue weighted by Crippen LogP contribution is -2.31. The number of furan rings is 1. The fourth-order valence-electron chi connectivity index (χ4n) is 3.00. The third-order valence-corrected chi connectivity index (χ3v) is 6.88. The normalized spacial score (nSPS) is 11.0. The van der Waals surface area contributed by atoms with E-state index in [2.05, 4.69) is 26.0 Å². The van der Waals surface area contributed by atoms with E-state index in [9.17, 15) is 4.79 Å². The van der Waals surface area contributed by atoms with Crippen LogP contribution in [0.3, 0.4) is 0 Å². The van der Waals surface area contributed by atoms with Crippen LogP contribution in [0.4, 0.5) is 5.13 Å². The molecule has 2 aromatic carbocycles. The number of nitrogens with zero attached hydrogens (tertiary/aromatic N) is 2. The topological polar surface area (TPSA) is 55.6 Å². The van der Waals surface area contributed by atoms with Crippen molar-refractivity contribution < 1.29 is 13.9 Å². The second-order valence-corrected chi connectivity index (χ2v) is 8.98. The van der Waals surface area contributed by atoms with Crippen LogP contribution in [0, 0.1) is 13.8 Å². The number of anilines is 1. The Morgan fingerprint density at radius 3 is 2.63 bits per heavy atom. The van der Waals surface area contributed by atoms with Crippen LogP contribution in [0.2, 0.25) is 0 Å². The first-order chi connectivity index (χ1) is 14.5. The minimum atomic E-state index is -0.0141. The van der Waals surface area contributed by atoms with Gasteiger partial charge in [-0.2, -0.15) is 0 Å². The molecule has 0 spiro atoms. The number of hydrogen-bond donors (Lipinski definition) is 0. The maximum atomic E-state index is 13.2. The van der Waals surface area contributed by atoms with E-state index in [1.54, 1.807) is 18.3 Å². The van der Waals surface area contributed by atoms with E-state index in [4.69, 9.17) is 14.1 Å². The van der Waals surface area contributed by atoms with Gasteiger partial charge in [0, 0.05) is 4.90 Å². The van der Waals surface area contributed by atoms with E-state index in [1.807, 2.05) is 36.4 Å². The highest BCUT2D eigenvalue weighted by molar-refractivity contribution is 8.00. The van der Waals surface area contributed by atoms with E-state index in [1.165, 1.54) is 34.2 Å². The van der Waals surface area contributed by atoms with Gasteiger partial charge in [-0.1, -0.05) is 11.3 Å². The molecule has 0 N–H and O–H groups in total. The van der Waals surface area contributed by atoms with Crippen molar-refractivity contribution >= 4 is 44.4 Å². The first-order valence-electron chi connectivity index (χ1n) is 9.51. The van der Waals surface area contributed by atoms with E-state index < -0.39 is 0 Å². The number of rotatable bonds is 7. The molecule has 2 aromatic heterocycles. The minimum Gasteiger partial charge on any atom is -0.497 e. The summed E-state index contributed by atoms with van der Waals surface area (Å²) in [4.78, 5) is 20.7. The molecule has 0 atom stereocenters. The zero-order valence-electron chi connectivity index (χ0n) is 17.0. The number of benzene rings is 2. The fourth-order valence-corrected chi connectivity index (χ4v) is 4.84.